The fourth-order valence-electron chi connectivity index (χ4n) is 4.67. The zero-order valence-corrected chi connectivity index (χ0v) is 26.7. The summed E-state index contributed by atoms with van der Waals surface area (Å²) in [5.74, 6) is -2.59. The van der Waals surface area contributed by atoms with Gasteiger partial charge in [-0.2, -0.15) is 0 Å². The summed E-state index contributed by atoms with van der Waals surface area (Å²) < 4.78 is 68.6. The Morgan fingerprint density at radius 2 is 0.833 bits per heavy atom. The van der Waals surface area contributed by atoms with Gasteiger partial charge in [-0.1, -0.05) is 36.4 Å². The maximum Gasteiger partial charge on any atom is 0.223 e. The van der Waals surface area contributed by atoms with E-state index >= 15 is 0 Å². The molecule has 0 radical (unpaired) electrons. The Bertz CT molecular complexity index is 1480. The number of hydrogen-bond acceptors (Lipinski definition) is 4. The van der Waals surface area contributed by atoms with Crippen LogP contribution in [0.2, 0.25) is 0 Å². The zero-order valence-electron chi connectivity index (χ0n) is 22.4. The molecule has 0 spiro atoms. The fourth-order valence-corrected chi connectivity index (χ4v) is 5.39. The quantitative estimate of drug-likeness (QED) is 0.153. The summed E-state index contributed by atoms with van der Waals surface area (Å²) >= 11 is 4.44. The van der Waals surface area contributed by atoms with Crippen molar-refractivity contribution < 1.29 is 27.0 Å². The molecule has 10 heteroatoms. The van der Waals surface area contributed by atoms with Crippen molar-refractivity contribution in [3.63, 3.8) is 0 Å². The average Bonchev–Trinajstić information content (AvgIpc) is 3.52. The summed E-state index contributed by atoms with van der Waals surface area (Å²) in [6.45, 7) is 3.69. The van der Waals surface area contributed by atoms with Crippen molar-refractivity contribution in [3.05, 3.63) is 138 Å². The third-order valence-electron chi connectivity index (χ3n) is 6.77. The molecule has 6 rings (SSSR count). The van der Waals surface area contributed by atoms with Crippen LogP contribution >= 0.6 is 45.2 Å². The molecular formula is C32H24F4I2N2O2. The van der Waals surface area contributed by atoms with Crippen LogP contribution in [0, 0.1) is 30.4 Å². The maximum absolute atomic E-state index is 13.8. The number of nitrogens with zero attached hydrogens (tertiary/aromatic N) is 2. The van der Waals surface area contributed by atoms with Crippen molar-refractivity contribution in [3.8, 4) is 0 Å². The molecule has 2 heterocycles. The molecule has 4 aromatic carbocycles. The minimum absolute atomic E-state index is 0.0293. The molecule has 4 aromatic rings. The van der Waals surface area contributed by atoms with Crippen LogP contribution in [0.4, 0.5) is 17.6 Å². The van der Waals surface area contributed by atoms with E-state index in [1.165, 1.54) is 36.4 Å². The van der Waals surface area contributed by atoms with Crippen LogP contribution in [0.3, 0.4) is 0 Å². The number of rotatable bonds is 4. The summed E-state index contributed by atoms with van der Waals surface area (Å²) in [7, 11) is 0. The van der Waals surface area contributed by atoms with Gasteiger partial charge in [0.25, 0.3) is 0 Å². The van der Waals surface area contributed by atoms with Crippen molar-refractivity contribution >= 4 is 57.0 Å². The van der Waals surface area contributed by atoms with Crippen LogP contribution in [0.5, 0.6) is 0 Å². The van der Waals surface area contributed by atoms with E-state index in [4.69, 9.17) is 9.47 Å². The van der Waals surface area contributed by atoms with Gasteiger partial charge in [0.05, 0.1) is 0 Å². The first-order valence-corrected chi connectivity index (χ1v) is 15.2. The Balaban J connectivity index is 0.000000168. The summed E-state index contributed by atoms with van der Waals surface area (Å²) in [6, 6.07) is 22.7. The number of benzene rings is 4. The first kappa shape index (κ1) is 30.5. The highest BCUT2D eigenvalue weighted by Gasteiger charge is 2.33. The normalized spacial score (nSPS) is 21.0. The molecule has 0 saturated carbocycles. The van der Waals surface area contributed by atoms with Gasteiger partial charge in [0.2, 0.25) is 11.8 Å². The van der Waals surface area contributed by atoms with Gasteiger partial charge in [-0.3, -0.25) is 0 Å². The number of aliphatic imine (C=N–C) groups is 2. The van der Waals surface area contributed by atoms with E-state index in [-0.39, 0.29) is 47.2 Å². The monoisotopic (exact) mass is 798 g/mol. The molecule has 2 aliphatic heterocycles. The largest absolute Gasteiger partial charge is 0.472 e. The van der Waals surface area contributed by atoms with Gasteiger partial charge in [-0.05, 0) is 119 Å². The molecule has 2 aliphatic rings. The van der Waals surface area contributed by atoms with Crippen LogP contribution in [-0.4, -0.2) is 24.0 Å². The Morgan fingerprint density at radius 1 is 0.524 bits per heavy atom. The summed E-state index contributed by atoms with van der Waals surface area (Å²) in [5, 5.41) is 0. The number of ether oxygens (including phenoxy) is 2. The molecule has 0 saturated heterocycles. The van der Waals surface area contributed by atoms with Gasteiger partial charge >= 0.3 is 0 Å². The molecule has 0 bridgehead atoms. The predicted octanol–water partition coefficient (Wildman–Crippen LogP) is 8.95. The molecule has 0 amide bonds. The lowest BCUT2D eigenvalue weighted by Gasteiger charge is -2.13. The SMILES string of the molecule is C[C@@H]1OC(c2c(F)cccc2F)=N[C@H]1c1ccc(I)cc1.C[C@H]1OC(c2c(F)cccc2F)=N[C@@H]1c1ccc(I)cc1. The molecule has 0 N–H and O–H groups in total. The molecule has 4 atom stereocenters. The minimum Gasteiger partial charge on any atom is -0.472 e. The van der Waals surface area contributed by atoms with Crippen LogP contribution in [0.15, 0.2) is 94.9 Å². The van der Waals surface area contributed by atoms with Gasteiger partial charge in [0, 0.05) is 7.14 Å². The van der Waals surface area contributed by atoms with E-state index < -0.39 is 23.3 Å². The lowest BCUT2D eigenvalue weighted by molar-refractivity contribution is 0.212. The lowest BCUT2D eigenvalue weighted by atomic mass is 10.0. The van der Waals surface area contributed by atoms with Gasteiger partial charge < -0.3 is 9.47 Å². The number of halogens is 6. The van der Waals surface area contributed by atoms with Crippen molar-refractivity contribution in [1.82, 2.24) is 0 Å². The predicted molar refractivity (Wildman–Crippen MR) is 171 cm³/mol. The van der Waals surface area contributed by atoms with Gasteiger partial charge in [-0.25, -0.2) is 27.5 Å². The summed E-state index contributed by atoms with van der Waals surface area (Å²) in [6.07, 6.45) is -0.530. The summed E-state index contributed by atoms with van der Waals surface area (Å²) in [5.41, 5.74) is 1.54. The Labute approximate surface area is 268 Å². The lowest BCUT2D eigenvalue weighted by Crippen LogP contribution is -2.14. The maximum atomic E-state index is 13.8. The van der Waals surface area contributed by atoms with Crippen LogP contribution < -0.4 is 0 Å². The van der Waals surface area contributed by atoms with E-state index in [9.17, 15) is 17.6 Å². The highest BCUT2D eigenvalue weighted by molar-refractivity contribution is 14.1. The molecule has 4 nitrogen and oxygen atoms in total. The second kappa shape index (κ2) is 13.1. The standard InChI is InChI=1S/2C16H12F2INO/c2*1-9-15(10-5-7-11(19)8-6-10)20-16(21-9)14-12(17)3-2-4-13(14)18/h2*2-9,15H,1H3/t2*9-,15+/m10/s1. The molecular weight excluding hydrogens is 774 g/mol. The van der Waals surface area contributed by atoms with E-state index in [2.05, 4.69) is 55.2 Å². The van der Waals surface area contributed by atoms with E-state index in [1.807, 2.05) is 62.4 Å². The average molecular weight is 798 g/mol. The minimum atomic E-state index is -0.663. The van der Waals surface area contributed by atoms with Crippen LogP contribution in [0.1, 0.15) is 48.2 Å². The summed E-state index contributed by atoms with van der Waals surface area (Å²) in [4.78, 5) is 8.75. The third-order valence-corrected chi connectivity index (χ3v) is 8.21. The van der Waals surface area contributed by atoms with Gasteiger partial charge in [0.15, 0.2) is 0 Å². The van der Waals surface area contributed by atoms with Gasteiger partial charge in [-0.15, -0.1) is 0 Å². The first-order valence-electron chi connectivity index (χ1n) is 13.0. The van der Waals surface area contributed by atoms with Crippen molar-refractivity contribution in [2.24, 2.45) is 9.98 Å². The fraction of sp³-hybridized carbons (Fsp3) is 0.188. The van der Waals surface area contributed by atoms with Crippen LogP contribution in [0.25, 0.3) is 0 Å². The first-order chi connectivity index (χ1) is 20.1. The molecule has 0 aliphatic carbocycles. The van der Waals surface area contributed by atoms with Crippen molar-refractivity contribution in [2.75, 3.05) is 0 Å². The molecule has 0 fully saturated rings. The Kier molecular flexibility index (Phi) is 9.50. The van der Waals surface area contributed by atoms with E-state index in [0.29, 0.717) is 0 Å². The Hall–Kier alpha value is -3.00. The molecule has 216 valence electrons. The molecule has 0 aromatic heterocycles. The second-order valence-electron chi connectivity index (χ2n) is 9.70. The topological polar surface area (TPSA) is 43.2 Å². The Morgan fingerprint density at radius 3 is 1.14 bits per heavy atom. The van der Waals surface area contributed by atoms with Crippen molar-refractivity contribution in [1.29, 1.82) is 0 Å². The van der Waals surface area contributed by atoms with Gasteiger partial charge in [0.1, 0.15) is 58.7 Å². The smallest absolute Gasteiger partial charge is 0.223 e. The highest BCUT2D eigenvalue weighted by Crippen LogP contribution is 2.33. The van der Waals surface area contributed by atoms with Crippen LogP contribution in [-0.2, 0) is 9.47 Å². The number of hydrogen-bond donors (Lipinski definition) is 0. The third kappa shape index (κ3) is 6.64. The molecule has 0 unspecified atom stereocenters. The highest BCUT2D eigenvalue weighted by atomic mass is 127. The zero-order chi connectivity index (χ0) is 30.0. The molecule has 42 heavy (non-hydrogen) atoms. The van der Waals surface area contributed by atoms with Crippen molar-refractivity contribution in [2.45, 2.75) is 38.1 Å². The van der Waals surface area contributed by atoms with E-state index in [1.54, 1.807) is 0 Å². The second-order valence-corrected chi connectivity index (χ2v) is 12.2. The van der Waals surface area contributed by atoms with E-state index in [0.717, 1.165) is 18.3 Å².